The summed E-state index contributed by atoms with van der Waals surface area (Å²) in [5, 5.41) is 3.80. The Kier molecular flexibility index (Phi) is 2.87. The molecule has 0 aliphatic carbocycles. The Hall–Kier alpha value is -0.820. The zero-order chi connectivity index (χ0) is 9.97. The quantitative estimate of drug-likeness (QED) is 0.673. The van der Waals surface area contributed by atoms with E-state index in [-0.39, 0.29) is 0 Å². The summed E-state index contributed by atoms with van der Waals surface area (Å²) in [6.07, 6.45) is 2.49. The minimum atomic E-state index is 0.742. The number of benzene rings is 1. The highest BCUT2D eigenvalue weighted by Crippen LogP contribution is 2.34. The molecule has 0 saturated carbocycles. The Morgan fingerprint density at radius 3 is 2.57 bits per heavy atom. The van der Waals surface area contributed by atoms with Crippen molar-refractivity contribution in [3.05, 3.63) is 35.2 Å². The maximum Gasteiger partial charge on any atom is 0.0345 e. The molecule has 0 aliphatic heterocycles. The van der Waals surface area contributed by atoms with Gasteiger partial charge in [-0.05, 0) is 41.2 Å². The molecule has 0 nitrogen and oxygen atoms in total. The Bertz CT molecular complexity index is 410. The van der Waals surface area contributed by atoms with E-state index in [0.717, 1.165) is 5.92 Å². The van der Waals surface area contributed by atoms with Crippen LogP contribution in [0.5, 0.6) is 0 Å². The van der Waals surface area contributed by atoms with Crippen LogP contribution < -0.4 is 0 Å². The lowest BCUT2D eigenvalue weighted by Gasteiger charge is -2.10. The summed E-state index contributed by atoms with van der Waals surface area (Å²) in [5.74, 6) is 0.742. The van der Waals surface area contributed by atoms with E-state index in [1.807, 2.05) is 11.3 Å². The van der Waals surface area contributed by atoms with Crippen LogP contribution in [0.4, 0.5) is 0 Å². The monoisotopic (exact) mass is 204 g/mol. The van der Waals surface area contributed by atoms with Crippen molar-refractivity contribution in [2.45, 2.75) is 32.6 Å². The molecule has 0 spiro atoms. The van der Waals surface area contributed by atoms with Crippen LogP contribution in [0.3, 0.4) is 0 Å². The maximum absolute atomic E-state index is 2.34. The third kappa shape index (κ3) is 1.57. The highest BCUT2D eigenvalue weighted by atomic mass is 32.1. The van der Waals surface area contributed by atoms with E-state index >= 15 is 0 Å². The fourth-order valence-electron chi connectivity index (χ4n) is 2.04. The molecule has 0 amide bonds. The van der Waals surface area contributed by atoms with Gasteiger partial charge in [0.1, 0.15) is 0 Å². The summed E-state index contributed by atoms with van der Waals surface area (Å²) in [5.41, 5.74) is 1.55. The first kappa shape index (κ1) is 9.72. The third-order valence-corrected chi connectivity index (χ3v) is 3.92. The van der Waals surface area contributed by atoms with Crippen molar-refractivity contribution in [1.82, 2.24) is 0 Å². The average molecular weight is 204 g/mol. The van der Waals surface area contributed by atoms with Crippen LogP contribution in [0.25, 0.3) is 10.1 Å². The number of hydrogen-bond donors (Lipinski definition) is 0. The molecular weight excluding hydrogens is 188 g/mol. The highest BCUT2D eigenvalue weighted by Gasteiger charge is 2.11. The average Bonchev–Trinajstić information content (AvgIpc) is 2.65. The summed E-state index contributed by atoms with van der Waals surface area (Å²) in [6.45, 7) is 4.56. The van der Waals surface area contributed by atoms with Gasteiger partial charge in [-0.25, -0.2) is 0 Å². The molecule has 14 heavy (non-hydrogen) atoms. The van der Waals surface area contributed by atoms with Crippen molar-refractivity contribution in [1.29, 1.82) is 0 Å². The summed E-state index contributed by atoms with van der Waals surface area (Å²) in [6, 6.07) is 8.72. The molecule has 0 saturated heterocycles. The zero-order valence-corrected chi connectivity index (χ0v) is 9.60. The number of rotatable bonds is 3. The zero-order valence-electron chi connectivity index (χ0n) is 8.79. The second kappa shape index (κ2) is 4.14. The fraction of sp³-hybridized carbons (Fsp3) is 0.385. The van der Waals surface area contributed by atoms with Crippen LogP contribution in [0.15, 0.2) is 29.6 Å². The largest absolute Gasteiger partial charge is 0.144 e. The first-order chi connectivity index (χ1) is 6.86. The van der Waals surface area contributed by atoms with Gasteiger partial charge in [0.2, 0.25) is 0 Å². The lowest BCUT2D eigenvalue weighted by Crippen LogP contribution is -1.93. The molecule has 0 atom stereocenters. The second-order valence-electron chi connectivity index (χ2n) is 3.70. The molecule has 0 aliphatic rings. The van der Waals surface area contributed by atoms with Gasteiger partial charge >= 0.3 is 0 Å². The standard InChI is InChI=1S/C13H16S/c1-3-10(4-2)12-9-14-13-8-6-5-7-11(12)13/h5-10H,3-4H2,1-2H3. The van der Waals surface area contributed by atoms with Gasteiger partial charge in [-0.2, -0.15) is 0 Å². The first-order valence-corrected chi connectivity index (χ1v) is 6.20. The predicted molar refractivity (Wildman–Crippen MR) is 65.1 cm³/mol. The van der Waals surface area contributed by atoms with Crippen molar-refractivity contribution in [2.24, 2.45) is 0 Å². The van der Waals surface area contributed by atoms with Gasteiger partial charge in [0.25, 0.3) is 0 Å². The summed E-state index contributed by atoms with van der Waals surface area (Å²) < 4.78 is 1.43. The summed E-state index contributed by atoms with van der Waals surface area (Å²) >= 11 is 1.87. The van der Waals surface area contributed by atoms with Crippen LogP contribution in [0.1, 0.15) is 38.2 Å². The van der Waals surface area contributed by atoms with Gasteiger partial charge in [-0.15, -0.1) is 11.3 Å². The Morgan fingerprint density at radius 1 is 1.14 bits per heavy atom. The van der Waals surface area contributed by atoms with Crippen molar-refractivity contribution in [3.8, 4) is 0 Å². The van der Waals surface area contributed by atoms with Crippen LogP contribution in [0.2, 0.25) is 0 Å². The van der Waals surface area contributed by atoms with E-state index < -0.39 is 0 Å². The minimum Gasteiger partial charge on any atom is -0.144 e. The lowest BCUT2D eigenvalue weighted by atomic mass is 9.94. The predicted octanol–water partition coefficient (Wildman–Crippen LogP) is 4.80. The van der Waals surface area contributed by atoms with E-state index in [2.05, 4.69) is 43.5 Å². The minimum absolute atomic E-state index is 0.742. The maximum atomic E-state index is 2.34. The molecule has 1 aromatic carbocycles. The Labute approximate surface area is 89.6 Å². The van der Waals surface area contributed by atoms with Gasteiger partial charge in [0, 0.05) is 4.70 Å². The van der Waals surface area contributed by atoms with E-state index in [1.165, 1.54) is 22.9 Å². The second-order valence-corrected chi connectivity index (χ2v) is 4.61. The molecule has 1 heteroatoms. The van der Waals surface area contributed by atoms with Crippen molar-refractivity contribution in [3.63, 3.8) is 0 Å². The lowest BCUT2D eigenvalue weighted by molar-refractivity contribution is 0.648. The number of thiophene rings is 1. The highest BCUT2D eigenvalue weighted by molar-refractivity contribution is 7.17. The molecule has 2 rings (SSSR count). The topological polar surface area (TPSA) is 0 Å². The molecule has 2 aromatic rings. The van der Waals surface area contributed by atoms with Crippen LogP contribution in [0, 0.1) is 0 Å². The molecule has 0 radical (unpaired) electrons. The first-order valence-electron chi connectivity index (χ1n) is 5.33. The molecular formula is C13H16S. The van der Waals surface area contributed by atoms with Gasteiger partial charge < -0.3 is 0 Å². The SMILES string of the molecule is CCC(CC)c1csc2ccccc12. The van der Waals surface area contributed by atoms with Gasteiger partial charge in [0.05, 0.1) is 0 Å². The van der Waals surface area contributed by atoms with Crippen LogP contribution in [-0.2, 0) is 0 Å². The fourth-order valence-corrected chi connectivity index (χ4v) is 3.09. The van der Waals surface area contributed by atoms with Crippen LogP contribution in [-0.4, -0.2) is 0 Å². The van der Waals surface area contributed by atoms with E-state index in [0.29, 0.717) is 0 Å². The smallest absolute Gasteiger partial charge is 0.0345 e. The van der Waals surface area contributed by atoms with Gasteiger partial charge in [-0.3, -0.25) is 0 Å². The van der Waals surface area contributed by atoms with E-state index in [9.17, 15) is 0 Å². The van der Waals surface area contributed by atoms with E-state index in [4.69, 9.17) is 0 Å². The Morgan fingerprint density at radius 2 is 1.86 bits per heavy atom. The van der Waals surface area contributed by atoms with E-state index in [1.54, 1.807) is 5.56 Å². The van der Waals surface area contributed by atoms with Crippen molar-refractivity contribution < 1.29 is 0 Å². The number of hydrogen-bond acceptors (Lipinski definition) is 1. The molecule has 1 heterocycles. The normalized spacial score (nSPS) is 11.4. The van der Waals surface area contributed by atoms with Crippen molar-refractivity contribution in [2.75, 3.05) is 0 Å². The third-order valence-electron chi connectivity index (χ3n) is 2.94. The number of fused-ring (bicyclic) bond motifs is 1. The molecule has 0 N–H and O–H groups in total. The molecule has 0 fully saturated rings. The van der Waals surface area contributed by atoms with Gasteiger partial charge in [0.15, 0.2) is 0 Å². The molecule has 1 aromatic heterocycles. The molecule has 0 unspecified atom stereocenters. The van der Waals surface area contributed by atoms with Gasteiger partial charge in [-0.1, -0.05) is 32.0 Å². The molecule has 74 valence electrons. The molecule has 0 bridgehead atoms. The summed E-state index contributed by atoms with van der Waals surface area (Å²) in [7, 11) is 0. The Balaban J connectivity index is 2.51. The summed E-state index contributed by atoms with van der Waals surface area (Å²) in [4.78, 5) is 0. The van der Waals surface area contributed by atoms with Crippen molar-refractivity contribution >= 4 is 21.4 Å². The van der Waals surface area contributed by atoms with Crippen LogP contribution >= 0.6 is 11.3 Å².